The van der Waals surface area contributed by atoms with E-state index in [9.17, 15) is 9.59 Å². The summed E-state index contributed by atoms with van der Waals surface area (Å²) in [6.45, 7) is 5.01. The molecule has 2 N–H and O–H groups in total. The third-order valence-corrected chi connectivity index (χ3v) is 3.97. The van der Waals surface area contributed by atoms with Crippen LogP contribution in [-0.4, -0.2) is 46.1 Å². The smallest absolute Gasteiger partial charge is 0.326 e. The minimum atomic E-state index is -0.986. The van der Waals surface area contributed by atoms with Gasteiger partial charge in [0.2, 0.25) is 5.91 Å². The number of rotatable bonds is 5. The van der Waals surface area contributed by atoms with Gasteiger partial charge in [-0.2, -0.15) is 0 Å². The molecule has 22 heavy (non-hydrogen) atoms. The summed E-state index contributed by atoms with van der Waals surface area (Å²) in [6.07, 6.45) is 6.36. The van der Waals surface area contributed by atoms with Crippen molar-refractivity contribution in [2.75, 3.05) is 18.0 Å². The van der Waals surface area contributed by atoms with Gasteiger partial charge in [0.25, 0.3) is 0 Å². The fraction of sp³-hybridized carbons (Fsp3) is 0.600. The van der Waals surface area contributed by atoms with E-state index in [-0.39, 0.29) is 17.7 Å². The van der Waals surface area contributed by atoms with Gasteiger partial charge in [0.15, 0.2) is 0 Å². The molecule has 120 valence electrons. The normalized spacial score (nSPS) is 17.3. The number of aromatic nitrogens is 2. The minimum absolute atomic E-state index is 0.138. The fourth-order valence-corrected chi connectivity index (χ4v) is 2.61. The van der Waals surface area contributed by atoms with Crippen molar-refractivity contribution in [1.29, 1.82) is 0 Å². The minimum Gasteiger partial charge on any atom is -0.480 e. The van der Waals surface area contributed by atoms with Crippen molar-refractivity contribution < 1.29 is 14.7 Å². The largest absolute Gasteiger partial charge is 0.480 e. The van der Waals surface area contributed by atoms with Crippen LogP contribution in [0.5, 0.6) is 0 Å². The van der Waals surface area contributed by atoms with Gasteiger partial charge in [-0.3, -0.25) is 9.78 Å². The number of piperidine rings is 1. The molecule has 0 aliphatic carbocycles. The van der Waals surface area contributed by atoms with Crippen LogP contribution >= 0.6 is 0 Å². The molecule has 7 nitrogen and oxygen atoms in total. The van der Waals surface area contributed by atoms with E-state index in [1.54, 1.807) is 32.4 Å². The molecular formula is C15H22N4O3. The fourth-order valence-electron chi connectivity index (χ4n) is 2.61. The highest BCUT2D eigenvalue weighted by molar-refractivity contribution is 5.85. The van der Waals surface area contributed by atoms with E-state index in [1.807, 2.05) is 0 Å². The molecule has 7 heteroatoms. The maximum atomic E-state index is 12.2. The maximum absolute atomic E-state index is 12.2. The lowest BCUT2D eigenvalue weighted by molar-refractivity contribution is -0.143. The molecule has 1 aliphatic rings. The van der Waals surface area contributed by atoms with Crippen molar-refractivity contribution in [1.82, 2.24) is 15.3 Å². The van der Waals surface area contributed by atoms with E-state index in [0.29, 0.717) is 12.8 Å². The molecule has 1 amide bonds. The molecule has 2 rings (SSSR count). The van der Waals surface area contributed by atoms with E-state index in [1.165, 1.54) is 0 Å². The van der Waals surface area contributed by atoms with Crippen LogP contribution in [0.4, 0.5) is 5.82 Å². The predicted octanol–water partition coefficient (Wildman–Crippen LogP) is 0.918. The van der Waals surface area contributed by atoms with Gasteiger partial charge in [-0.1, -0.05) is 13.8 Å². The van der Waals surface area contributed by atoms with Crippen LogP contribution in [0, 0.1) is 11.8 Å². The van der Waals surface area contributed by atoms with E-state index in [2.05, 4.69) is 20.2 Å². The molecule has 1 aromatic rings. The van der Waals surface area contributed by atoms with Crippen molar-refractivity contribution >= 4 is 17.7 Å². The Morgan fingerprint density at radius 1 is 1.32 bits per heavy atom. The van der Waals surface area contributed by atoms with Crippen LogP contribution in [0.15, 0.2) is 18.6 Å². The Kier molecular flexibility index (Phi) is 5.30. The standard InChI is InChI=1S/C15H22N4O3/c1-10(2)13(15(21)22)18-14(20)11-3-7-19(8-4-11)12-9-16-5-6-17-12/h5-6,9-11,13H,3-4,7-8H2,1-2H3,(H,18,20)(H,21,22). The lowest BCUT2D eigenvalue weighted by Crippen LogP contribution is -2.48. The molecular weight excluding hydrogens is 284 g/mol. The first-order chi connectivity index (χ1) is 10.5. The van der Waals surface area contributed by atoms with Gasteiger partial charge in [0.05, 0.1) is 6.20 Å². The topological polar surface area (TPSA) is 95.4 Å². The number of nitrogens with zero attached hydrogens (tertiary/aromatic N) is 3. The predicted molar refractivity (Wildman–Crippen MR) is 81.4 cm³/mol. The zero-order chi connectivity index (χ0) is 16.1. The highest BCUT2D eigenvalue weighted by Gasteiger charge is 2.30. The van der Waals surface area contributed by atoms with Gasteiger partial charge in [-0.25, -0.2) is 9.78 Å². The summed E-state index contributed by atoms with van der Waals surface area (Å²) < 4.78 is 0. The van der Waals surface area contributed by atoms with Crippen molar-refractivity contribution in [3.05, 3.63) is 18.6 Å². The number of carboxylic acids is 1. The summed E-state index contributed by atoms with van der Waals surface area (Å²) in [6, 6.07) is -0.828. The van der Waals surface area contributed by atoms with Gasteiger partial charge in [-0.05, 0) is 18.8 Å². The summed E-state index contributed by atoms with van der Waals surface area (Å²) in [5, 5.41) is 11.8. The van der Waals surface area contributed by atoms with E-state index in [4.69, 9.17) is 5.11 Å². The first-order valence-corrected chi connectivity index (χ1v) is 7.53. The number of hydrogen-bond donors (Lipinski definition) is 2. The van der Waals surface area contributed by atoms with E-state index < -0.39 is 12.0 Å². The number of carbonyl (C=O) groups is 2. The molecule has 1 unspecified atom stereocenters. The second-order valence-corrected chi connectivity index (χ2v) is 5.89. The summed E-state index contributed by atoms with van der Waals surface area (Å²) >= 11 is 0. The first kappa shape index (κ1) is 16.2. The summed E-state index contributed by atoms with van der Waals surface area (Å²) in [5.41, 5.74) is 0. The Hall–Kier alpha value is -2.18. The Morgan fingerprint density at radius 2 is 2.00 bits per heavy atom. The Balaban J connectivity index is 1.88. The number of carbonyl (C=O) groups excluding carboxylic acids is 1. The average molecular weight is 306 g/mol. The molecule has 1 aromatic heterocycles. The molecule has 0 radical (unpaired) electrons. The first-order valence-electron chi connectivity index (χ1n) is 7.53. The number of aliphatic carboxylic acids is 1. The molecule has 0 spiro atoms. The number of carboxylic acid groups (broad SMARTS) is 1. The van der Waals surface area contributed by atoms with Crippen molar-refractivity contribution in [3.63, 3.8) is 0 Å². The van der Waals surface area contributed by atoms with Crippen molar-refractivity contribution in [2.24, 2.45) is 11.8 Å². The third-order valence-electron chi connectivity index (χ3n) is 3.97. The van der Waals surface area contributed by atoms with Crippen LogP contribution < -0.4 is 10.2 Å². The zero-order valence-corrected chi connectivity index (χ0v) is 12.9. The monoisotopic (exact) mass is 306 g/mol. The Morgan fingerprint density at radius 3 is 2.50 bits per heavy atom. The molecule has 0 saturated carbocycles. The second kappa shape index (κ2) is 7.20. The molecule has 2 heterocycles. The zero-order valence-electron chi connectivity index (χ0n) is 12.9. The SMILES string of the molecule is CC(C)C(NC(=O)C1CCN(c2cnccn2)CC1)C(=O)O. The summed E-state index contributed by atoms with van der Waals surface area (Å²) in [5.74, 6) is -0.623. The second-order valence-electron chi connectivity index (χ2n) is 5.89. The van der Waals surface area contributed by atoms with Crippen LogP contribution in [0.3, 0.4) is 0 Å². The quantitative estimate of drug-likeness (QED) is 0.840. The summed E-state index contributed by atoms with van der Waals surface area (Å²) in [4.78, 5) is 33.8. The number of amides is 1. The maximum Gasteiger partial charge on any atom is 0.326 e. The Bertz CT molecular complexity index is 513. The molecule has 1 atom stereocenters. The van der Waals surface area contributed by atoms with Gasteiger partial charge in [0, 0.05) is 31.4 Å². The molecule has 1 saturated heterocycles. The van der Waals surface area contributed by atoms with Crippen LogP contribution in [0.1, 0.15) is 26.7 Å². The van der Waals surface area contributed by atoms with Crippen molar-refractivity contribution in [2.45, 2.75) is 32.7 Å². The van der Waals surface area contributed by atoms with Crippen LogP contribution in [0.2, 0.25) is 0 Å². The molecule has 1 fully saturated rings. The third kappa shape index (κ3) is 3.93. The summed E-state index contributed by atoms with van der Waals surface area (Å²) in [7, 11) is 0. The molecule has 0 aromatic carbocycles. The molecule has 1 aliphatic heterocycles. The van der Waals surface area contributed by atoms with E-state index in [0.717, 1.165) is 18.9 Å². The Labute approximate surface area is 129 Å². The highest BCUT2D eigenvalue weighted by Crippen LogP contribution is 2.21. The average Bonchev–Trinajstić information content (AvgIpc) is 2.52. The number of anilines is 1. The van der Waals surface area contributed by atoms with Gasteiger partial charge >= 0.3 is 5.97 Å². The molecule has 0 bridgehead atoms. The number of nitrogens with one attached hydrogen (secondary N) is 1. The number of hydrogen-bond acceptors (Lipinski definition) is 5. The lowest BCUT2D eigenvalue weighted by Gasteiger charge is -2.32. The van der Waals surface area contributed by atoms with E-state index >= 15 is 0 Å². The van der Waals surface area contributed by atoms with Crippen molar-refractivity contribution in [3.8, 4) is 0 Å². The van der Waals surface area contributed by atoms with Gasteiger partial charge in [-0.15, -0.1) is 0 Å². The van der Waals surface area contributed by atoms with Crippen LogP contribution in [-0.2, 0) is 9.59 Å². The van der Waals surface area contributed by atoms with Gasteiger partial charge in [0.1, 0.15) is 11.9 Å². The van der Waals surface area contributed by atoms with Gasteiger partial charge < -0.3 is 15.3 Å². The highest BCUT2D eigenvalue weighted by atomic mass is 16.4. The lowest BCUT2D eigenvalue weighted by atomic mass is 9.94. The van der Waals surface area contributed by atoms with Crippen LogP contribution in [0.25, 0.3) is 0 Å².